The Kier molecular flexibility index (Phi) is 4.14. The Labute approximate surface area is 159 Å². The number of nitrogens with zero attached hydrogens (tertiary/aromatic N) is 2. The highest BCUT2D eigenvalue weighted by Crippen LogP contribution is 2.30. The molecule has 0 saturated carbocycles. The SMILES string of the molecule is Cc1cc(C(=[N+]=[N-])c2cc(C)c3ccccc3c2C)c(C)c2ccccc12. The molecule has 0 aromatic heterocycles. The van der Waals surface area contributed by atoms with Crippen molar-refractivity contribution in [1.29, 1.82) is 0 Å². The molecule has 132 valence electrons. The first-order chi connectivity index (χ1) is 13.0. The first kappa shape index (κ1) is 17.2. The van der Waals surface area contributed by atoms with Crippen molar-refractivity contribution < 1.29 is 4.79 Å². The molecule has 0 aliphatic heterocycles. The fourth-order valence-electron chi connectivity index (χ4n) is 4.15. The number of rotatable bonds is 2. The summed E-state index contributed by atoms with van der Waals surface area (Å²) < 4.78 is 0. The van der Waals surface area contributed by atoms with E-state index in [9.17, 15) is 5.53 Å². The van der Waals surface area contributed by atoms with E-state index in [2.05, 4.69) is 93.1 Å². The van der Waals surface area contributed by atoms with Gasteiger partial charge in [-0.25, -0.2) is 0 Å². The summed E-state index contributed by atoms with van der Waals surface area (Å²) in [5, 5.41) is 4.87. The zero-order valence-electron chi connectivity index (χ0n) is 16.2. The molecule has 0 atom stereocenters. The van der Waals surface area contributed by atoms with Crippen LogP contribution in [0.1, 0.15) is 33.4 Å². The molecule has 0 amide bonds. The van der Waals surface area contributed by atoms with Crippen molar-refractivity contribution in [1.82, 2.24) is 0 Å². The molecule has 0 aliphatic carbocycles. The van der Waals surface area contributed by atoms with Crippen molar-refractivity contribution in [3.63, 3.8) is 0 Å². The largest absolute Gasteiger partial charge is 0.361 e. The topological polar surface area (TPSA) is 36.4 Å². The number of aryl methyl sites for hydroxylation is 4. The van der Waals surface area contributed by atoms with Gasteiger partial charge in [0.1, 0.15) is 0 Å². The zero-order chi connectivity index (χ0) is 19.1. The van der Waals surface area contributed by atoms with E-state index in [1.807, 2.05) is 0 Å². The van der Waals surface area contributed by atoms with Gasteiger partial charge in [0.05, 0.1) is 11.1 Å². The van der Waals surface area contributed by atoms with Crippen molar-refractivity contribution in [3.05, 3.63) is 99.6 Å². The van der Waals surface area contributed by atoms with Crippen LogP contribution < -0.4 is 0 Å². The Balaban J connectivity index is 2.04. The molecular weight excluding hydrogens is 328 g/mol. The van der Waals surface area contributed by atoms with Crippen LogP contribution in [0.25, 0.3) is 27.1 Å². The lowest BCUT2D eigenvalue weighted by molar-refractivity contribution is -0.00286. The minimum absolute atomic E-state index is 0.632. The van der Waals surface area contributed by atoms with Crippen LogP contribution in [0.3, 0.4) is 0 Å². The molecule has 0 unspecified atom stereocenters. The van der Waals surface area contributed by atoms with Crippen molar-refractivity contribution in [3.8, 4) is 0 Å². The van der Waals surface area contributed by atoms with Crippen LogP contribution >= 0.6 is 0 Å². The van der Waals surface area contributed by atoms with Gasteiger partial charge in [-0.05, 0) is 83.6 Å². The standard InChI is InChI=1S/C25H22N2/c1-15-13-23(17(3)21-11-7-5-9-19(15)21)25(27-26)24-14-16(2)20-10-6-8-12-22(20)18(24)4/h5-14H,1-4H3. The predicted octanol–water partition coefficient (Wildman–Crippen LogP) is 6.29. The van der Waals surface area contributed by atoms with Gasteiger partial charge in [0.25, 0.3) is 0 Å². The van der Waals surface area contributed by atoms with Crippen LogP contribution in [0.15, 0.2) is 60.7 Å². The summed E-state index contributed by atoms with van der Waals surface area (Å²) in [6, 6.07) is 21.1. The summed E-state index contributed by atoms with van der Waals surface area (Å²) in [5.41, 5.74) is 17.2. The summed E-state index contributed by atoms with van der Waals surface area (Å²) in [7, 11) is 0. The molecule has 2 heteroatoms. The van der Waals surface area contributed by atoms with E-state index in [0.717, 1.165) is 22.3 Å². The fraction of sp³-hybridized carbons (Fsp3) is 0.160. The quantitative estimate of drug-likeness (QED) is 0.231. The second-order valence-corrected chi connectivity index (χ2v) is 7.27. The van der Waals surface area contributed by atoms with Crippen LogP contribution in [0, 0.1) is 27.7 Å². The maximum Gasteiger partial charge on any atom is 0.330 e. The highest BCUT2D eigenvalue weighted by Gasteiger charge is 2.23. The molecule has 4 aromatic carbocycles. The van der Waals surface area contributed by atoms with Crippen LogP contribution in [0.5, 0.6) is 0 Å². The van der Waals surface area contributed by atoms with E-state index in [4.69, 9.17) is 0 Å². The normalized spacial score (nSPS) is 11.0. The molecule has 27 heavy (non-hydrogen) atoms. The van der Waals surface area contributed by atoms with Crippen LogP contribution in [-0.4, -0.2) is 10.5 Å². The zero-order valence-corrected chi connectivity index (χ0v) is 16.2. The Hall–Kier alpha value is -3.22. The van der Waals surface area contributed by atoms with Crippen LogP contribution in [0.2, 0.25) is 0 Å². The summed E-state index contributed by atoms with van der Waals surface area (Å²) in [5.74, 6) is 0. The lowest BCUT2D eigenvalue weighted by Gasteiger charge is -2.13. The summed E-state index contributed by atoms with van der Waals surface area (Å²) in [6.07, 6.45) is 0. The average molecular weight is 350 g/mol. The third kappa shape index (κ3) is 2.66. The van der Waals surface area contributed by atoms with E-state index >= 15 is 0 Å². The molecule has 0 bridgehead atoms. The highest BCUT2D eigenvalue weighted by atomic mass is 14.9. The molecule has 0 N–H and O–H groups in total. The van der Waals surface area contributed by atoms with Gasteiger partial charge in [-0.1, -0.05) is 48.5 Å². The molecular formula is C25H22N2. The predicted molar refractivity (Wildman–Crippen MR) is 114 cm³/mol. The van der Waals surface area contributed by atoms with Gasteiger partial charge >= 0.3 is 5.71 Å². The van der Waals surface area contributed by atoms with Gasteiger partial charge < -0.3 is 5.53 Å². The number of benzene rings is 4. The van der Waals surface area contributed by atoms with E-state index in [-0.39, 0.29) is 0 Å². The van der Waals surface area contributed by atoms with Crippen molar-refractivity contribution in [2.24, 2.45) is 0 Å². The lowest BCUT2D eigenvalue weighted by atomic mass is 9.87. The molecule has 0 aliphatic rings. The molecule has 2 nitrogen and oxygen atoms in total. The molecule has 4 aromatic rings. The van der Waals surface area contributed by atoms with Crippen LogP contribution in [-0.2, 0) is 0 Å². The number of hydrogen-bond donors (Lipinski definition) is 0. The number of hydrogen-bond acceptors (Lipinski definition) is 0. The van der Waals surface area contributed by atoms with Crippen molar-refractivity contribution >= 4 is 27.3 Å². The Morgan fingerprint density at radius 2 is 1.00 bits per heavy atom. The molecule has 0 radical (unpaired) electrons. The first-order valence-corrected chi connectivity index (χ1v) is 9.23. The Bertz CT molecular complexity index is 1170. The second-order valence-electron chi connectivity index (χ2n) is 7.27. The smallest absolute Gasteiger partial charge is 0.330 e. The Morgan fingerprint density at radius 1 is 0.630 bits per heavy atom. The third-order valence-electron chi connectivity index (χ3n) is 5.65. The van der Waals surface area contributed by atoms with Gasteiger partial charge in [0.2, 0.25) is 0 Å². The summed E-state index contributed by atoms with van der Waals surface area (Å²) in [6.45, 7) is 8.43. The fourth-order valence-corrected chi connectivity index (χ4v) is 4.15. The number of fused-ring (bicyclic) bond motifs is 2. The van der Waals surface area contributed by atoms with E-state index in [1.54, 1.807) is 0 Å². The summed E-state index contributed by atoms with van der Waals surface area (Å²) in [4.78, 5) is 3.76. The van der Waals surface area contributed by atoms with Gasteiger partial charge in [-0.2, -0.15) is 4.79 Å². The molecule has 0 fully saturated rings. The highest BCUT2D eigenvalue weighted by molar-refractivity contribution is 6.15. The van der Waals surface area contributed by atoms with Gasteiger partial charge in [-0.3, -0.25) is 0 Å². The minimum Gasteiger partial charge on any atom is -0.361 e. The first-order valence-electron chi connectivity index (χ1n) is 9.23. The van der Waals surface area contributed by atoms with Gasteiger partial charge in [-0.15, -0.1) is 0 Å². The van der Waals surface area contributed by atoms with Crippen molar-refractivity contribution in [2.75, 3.05) is 0 Å². The second kappa shape index (κ2) is 6.50. The minimum atomic E-state index is 0.632. The Morgan fingerprint density at radius 3 is 1.37 bits per heavy atom. The van der Waals surface area contributed by atoms with Gasteiger partial charge in [0.15, 0.2) is 0 Å². The van der Waals surface area contributed by atoms with E-state index < -0.39 is 0 Å². The van der Waals surface area contributed by atoms with E-state index in [1.165, 1.54) is 32.7 Å². The summed E-state index contributed by atoms with van der Waals surface area (Å²) >= 11 is 0. The van der Waals surface area contributed by atoms with Crippen LogP contribution in [0.4, 0.5) is 0 Å². The third-order valence-corrected chi connectivity index (χ3v) is 5.65. The molecule has 0 saturated heterocycles. The maximum atomic E-state index is 10.00. The molecule has 4 rings (SSSR count). The monoisotopic (exact) mass is 350 g/mol. The molecule has 0 heterocycles. The average Bonchev–Trinajstić information content (AvgIpc) is 2.70. The van der Waals surface area contributed by atoms with E-state index in [0.29, 0.717) is 5.71 Å². The maximum absolute atomic E-state index is 10.00. The molecule has 0 spiro atoms. The van der Waals surface area contributed by atoms with Gasteiger partial charge in [0, 0.05) is 0 Å². The van der Waals surface area contributed by atoms with Crippen molar-refractivity contribution in [2.45, 2.75) is 27.7 Å². The lowest BCUT2D eigenvalue weighted by Crippen LogP contribution is -2.10.